The van der Waals surface area contributed by atoms with E-state index in [0.717, 1.165) is 26.3 Å². The van der Waals surface area contributed by atoms with Crippen LogP contribution in [0.2, 0.25) is 0 Å². The molecule has 5 heteroatoms. The van der Waals surface area contributed by atoms with E-state index in [9.17, 15) is 0 Å². The topological polar surface area (TPSA) is 52.9 Å². The molecule has 0 saturated carbocycles. The van der Waals surface area contributed by atoms with Gasteiger partial charge in [-0.05, 0) is 17.7 Å². The van der Waals surface area contributed by atoms with Gasteiger partial charge in [-0.15, -0.1) is 0 Å². The summed E-state index contributed by atoms with van der Waals surface area (Å²) in [6.45, 7) is 3.84. The van der Waals surface area contributed by atoms with Crippen molar-refractivity contribution in [3.05, 3.63) is 18.2 Å². The first-order valence-electron chi connectivity index (χ1n) is 5.05. The number of benzene rings is 1. The van der Waals surface area contributed by atoms with Crippen molar-refractivity contribution in [2.75, 3.05) is 31.2 Å². The van der Waals surface area contributed by atoms with Crippen LogP contribution in [0.4, 0.5) is 5.69 Å². The Morgan fingerprint density at radius 3 is 2.33 bits per heavy atom. The summed E-state index contributed by atoms with van der Waals surface area (Å²) in [5, 5.41) is 14.2. The first-order valence-corrected chi connectivity index (χ1v) is 5.05. The van der Waals surface area contributed by atoms with Gasteiger partial charge >= 0.3 is 7.69 Å². The molecule has 1 aliphatic heterocycles. The second-order valence-corrected chi connectivity index (χ2v) is 3.47. The highest BCUT2D eigenvalue weighted by molar-refractivity contribution is 6.13. The maximum absolute atomic E-state index is 7.12. The Kier molecular flexibility index (Phi) is 3.25. The number of fused-ring (bicyclic) bond motifs is 1. The summed E-state index contributed by atoms with van der Waals surface area (Å²) >= 11 is 0. The first-order chi connectivity index (χ1) is 7.36. The van der Waals surface area contributed by atoms with Gasteiger partial charge in [-0.2, -0.15) is 0 Å². The molecule has 1 heterocycles. The molecule has 0 bridgehead atoms. The molecule has 1 fully saturated rings. The molecule has 15 heavy (non-hydrogen) atoms. The minimum atomic E-state index is -0.750. The van der Waals surface area contributed by atoms with E-state index in [2.05, 4.69) is 23.1 Å². The number of rotatable bonds is 1. The van der Waals surface area contributed by atoms with Crippen molar-refractivity contribution in [1.29, 1.82) is 0 Å². The smallest absolute Gasteiger partial charge is 0.430 e. The molecule has 0 spiro atoms. The highest BCUT2D eigenvalue weighted by Crippen LogP contribution is 2.43. The van der Waals surface area contributed by atoms with E-state index in [0.29, 0.717) is 0 Å². The van der Waals surface area contributed by atoms with E-state index in [1.165, 1.54) is 16.8 Å². The molecule has 80 valence electrons. The molecule has 2 aliphatic carbocycles. The second kappa shape index (κ2) is 4.66. The molecule has 0 amide bonds. The zero-order valence-corrected chi connectivity index (χ0v) is 8.52. The first kappa shape index (κ1) is 10.5. The van der Waals surface area contributed by atoms with Crippen molar-refractivity contribution in [2.24, 2.45) is 0 Å². The van der Waals surface area contributed by atoms with E-state index in [4.69, 9.17) is 14.8 Å². The average molecular weight is 207 g/mol. The Labute approximate surface area is 89.4 Å². The fourth-order valence-electron chi connectivity index (χ4n) is 1.82. The Bertz CT molecular complexity index is 339. The molecule has 0 aromatic rings. The summed E-state index contributed by atoms with van der Waals surface area (Å²) in [4.78, 5) is 2.41. The predicted molar refractivity (Wildman–Crippen MR) is 60.1 cm³/mol. The third-order valence-corrected chi connectivity index (χ3v) is 2.58. The van der Waals surface area contributed by atoms with Crippen LogP contribution < -0.4 is 4.90 Å². The van der Waals surface area contributed by atoms with Gasteiger partial charge in [-0.25, -0.2) is 0 Å². The Morgan fingerprint density at radius 2 is 1.87 bits per heavy atom. The summed E-state index contributed by atoms with van der Waals surface area (Å²) < 4.78 is 5.30. The quantitative estimate of drug-likeness (QED) is 0.632. The summed E-state index contributed by atoms with van der Waals surface area (Å²) in [7, 11) is -0.750. The van der Waals surface area contributed by atoms with E-state index in [-0.39, 0.29) is 0 Å². The molecule has 0 unspecified atom stereocenters. The van der Waals surface area contributed by atoms with Gasteiger partial charge in [0.15, 0.2) is 0 Å². The summed E-state index contributed by atoms with van der Waals surface area (Å²) in [5.41, 5.74) is 4.29. The van der Waals surface area contributed by atoms with Crippen LogP contribution in [0.1, 0.15) is 0 Å². The molecule has 0 aromatic carbocycles. The van der Waals surface area contributed by atoms with Crippen LogP contribution >= 0.6 is 0 Å². The van der Waals surface area contributed by atoms with Crippen LogP contribution in [-0.2, 0) is 4.74 Å². The van der Waals surface area contributed by atoms with E-state index in [1.54, 1.807) is 0 Å². The van der Waals surface area contributed by atoms with Gasteiger partial charge in [0.2, 0.25) is 0 Å². The van der Waals surface area contributed by atoms with Gasteiger partial charge < -0.3 is 19.7 Å². The highest BCUT2D eigenvalue weighted by atomic mass is 16.5. The molecular formula is C10H14BNO3. The lowest BCUT2D eigenvalue weighted by molar-refractivity contribution is 0.123. The molecule has 3 rings (SSSR count). The lowest BCUT2D eigenvalue weighted by atomic mass is 10.3. The maximum atomic E-state index is 7.12. The molecule has 0 aromatic heterocycles. The number of anilines is 1. The fourth-order valence-corrected chi connectivity index (χ4v) is 1.82. The van der Waals surface area contributed by atoms with Gasteiger partial charge in [0.1, 0.15) is 0 Å². The normalized spacial score (nSPS) is 16.5. The third kappa shape index (κ3) is 2.31. The van der Waals surface area contributed by atoms with Crippen LogP contribution in [0.25, 0.3) is 11.1 Å². The Balaban J connectivity index is 0.000000258. The number of hydrogen-bond acceptors (Lipinski definition) is 4. The van der Waals surface area contributed by atoms with Gasteiger partial charge in [-0.3, -0.25) is 0 Å². The van der Waals surface area contributed by atoms with E-state index >= 15 is 0 Å². The van der Waals surface area contributed by atoms with Crippen molar-refractivity contribution < 1.29 is 14.8 Å². The molecule has 4 nitrogen and oxygen atoms in total. The zero-order valence-electron chi connectivity index (χ0n) is 8.52. The lowest BCUT2D eigenvalue weighted by Gasteiger charge is -2.28. The molecular weight excluding hydrogens is 193 g/mol. The van der Waals surface area contributed by atoms with Crippen molar-refractivity contribution in [1.82, 2.24) is 0 Å². The molecule has 0 atom stereocenters. The number of hydrogen-bond donors (Lipinski definition) is 2. The standard InChI is InChI=1S/C10H11NO.BH3O2/c1-2-10(9-7-8(1)9)11-3-5-12-6-4-11;2-1-3/h1-2,7H,3-6H2;1-3H. The highest BCUT2D eigenvalue weighted by Gasteiger charge is 2.22. The average Bonchev–Trinajstić information content (AvgIpc) is 2.93. The molecule has 2 N–H and O–H groups in total. The van der Waals surface area contributed by atoms with Crippen molar-refractivity contribution in [3.63, 3.8) is 0 Å². The Hall–Kier alpha value is -1.04. The van der Waals surface area contributed by atoms with Gasteiger partial charge in [0.25, 0.3) is 0 Å². The van der Waals surface area contributed by atoms with Crippen LogP contribution in [0, 0.1) is 0 Å². The van der Waals surface area contributed by atoms with Gasteiger partial charge in [0, 0.05) is 24.3 Å². The fraction of sp³-hybridized carbons (Fsp3) is 0.400. The van der Waals surface area contributed by atoms with E-state index < -0.39 is 7.69 Å². The SMILES string of the molecule is OBO.c1cc(N2CCOCC2)c2cc1-2. The number of nitrogens with zero attached hydrogens (tertiary/aromatic N) is 1. The van der Waals surface area contributed by atoms with E-state index in [1.807, 2.05) is 0 Å². The van der Waals surface area contributed by atoms with Crippen LogP contribution in [0.5, 0.6) is 0 Å². The second-order valence-electron chi connectivity index (χ2n) is 3.47. The van der Waals surface area contributed by atoms with Crippen LogP contribution in [0.15, 0.2) is 18.2 Å². The third-order valence-electron chi connectivity index (χ3n) is 2.58. The summed E-state index contributed by atoms with van der Waals surface area (Å²) in [6.07, 6.45) is 0. The van der Waals surface area contributed by atoms with Crippen molar-refractivity contribution in [2.45, 2.75) is 0 Å². The minimum absolute atomic E-state index is 0.750. The molecule has 3 aliphatic rings. The zero-order chi connectivity index (χ0) is 10.7. The molecule has 1 saturated heterocycles. The van der Waals surface area contributed by atoms with Crippen molar-refractivity contribution >= 4 is 13.4 Å². The van der Waals surface area contributed by atoms with Crippen LogP contribution in [-0.4, -0.2) is 44.0 Å². The number of ether oxygens (including phenoxy) is 1. The minimum Gasteiger partial charge on any atom is -0.430 e. The molecule has 0 radical (unpaired) electrons. The lowest BCUT2D eigenvalue weighted by Crippen LogP contribution is -2.35. The van der Waals surface area contributed by atoms with Crippen LogP contribution in [0.3, 0.4) is 0 Å². The number of morpholine rings is 1. The summed E-state index contributed by atoms with van der Waals surface area (Å²) in [5.74, 6) is 0. The van der Waals surface area contributed by atoms with Gasteiger partial charge in [-0.1, -0.05) is 6.07 Å². The summed E-state index contributed by atoms with van der Waals surface area (Å²) in [6, 6.07) is 6.65. The van der Waals surface area contributed by atoms with Crippen molar-refractivity contribution in [3.8, 4) is 11.1 Å². The Morgan fingerprint density at radius 1 is 1.20 bits per heavy atom. The maximum Gasteiger partial charge on any atom is 0.432 e. The largest absolute Gasteiger partial charge is 0.432 e. The predicted octanol–water partition coefficient (Wildman–Crippen LogP) is -0.259. The monoisotopic (exact) mass is 207 g/mol. The van der Waals surface area contributed by atoms with Gasteiger partial charge in [0.05, 0.1) is 13.2 Å².